The highest BCUT2D eigenvalue weighted by Crippen LogP contribution is 2.24. The average Bonchev–Trinajstić information content (AvgIpc) is 2.44. The average molecular weight is 320 g/mol. The van der Waals surface area contributed by atoms with Gasteiger partial charge in [0.05, 0.1) is 17.7 Å². The molecular formula is C17H24N2O4. The molecule has 1 amide bonds. The number of nitriles is 1. The van der Waals surface area contributed by atoms with E-state index in [0.29, 0.717) is 16.7 Å². The van der Waals surface area contributed by atoms with Gasteiger partial charge in [0, 0.05) is 6.54 Å². The van der Waals surface area contributed by atoms with Crippen molar-refractivity contribution in [3.63, 3.8) is 0 Å². The SMILES string of the molecule is Cc1c(C#N)cccc1C(O)C(O)CCNC(=O)OC(C)(C)C. The summed E-state index contributed by atoms with van der Waals surface area (Å²) in [6, 6.07) is 7.03. The molecule has 1 rings (SSSR count). The predicted molar refractivity (Wildman–Crippen MR) is 85.7 cm³/mol. The van der Waals surface area contributed by atoms with Gasteiger partial charge in [0.15, 0.2) is 0 Å². The van der Waals surface area contributed by atoms with Crippen LogP contribution in [-0.4, -0.2) is 34.6 Å². The number of carbonyl (C=O) groups is 1. The van der Waals surface area contributed by atoms with Crippen LogP contribution in [0.25, 0.3) is 0 Å². The molecule has 6 nitrogen and oxygen atoms in total. The molecule has 0 heterocycles. The minimum atomic E-state index is -1.12. The number of hydrogen-bond acceptors (Lipinski definition) is 5. The Balaban J connectivity index is 2.57. The Morgan fingerprint density at radius 1 is 1.39 bits per heavy atom. The first-order valence-corrected chi connectivity index (χ1v) is 7.48. The maximum absolute atomic E-state index is 11.5. The maximum Gasteiger partial charge on any atom is 0.407 e. The minimum Gasteiger partial charge on any atom is -0.444 e. The van der Waals surface area contributed by atoms with E-state index < -0.39 is 23.9 Å². The first-order chi connectivity index (χ1) is 10.7. The van der Waals surface area contributed by atoms with Gasteiger partial charge in [-0.3, -0.25) is 0 Å². The first-order valence-electron chi connectivity index (χ1n) is 7.48. The van der Waals surface area contributed by atoms with E-state index in [1.54, 1.807) is 45.9 Å². The van der Waals surface area contributed by atoms with E-state index in [-0.39, 0.29) is 13.0 Å². The van der Waals surface area contributed by atoms with Crippen LogP contribution in [-0.2, 0) is 4.74 Å². The van der Waals surface area contributed by atoms with Crippen LogP contribution in [0, 0.1) is 18.3 Å². The third-order valence-corrected chi connectivity index (χ3v) is 3.29. The van der Waals surface area contributed by atoms with E-state index >= 15 is 0 Å². The third-order valence-electron chi connectivity index (χ3n) is 3.29. The number of carbonyl (C=O) groups excluding carboxylic acids is 1. The van der Waals surface area contributed by atoms with Gasteiger partial charge in [0.2, 0.25) is 0 Å². The molecule has 0 radical (unpaired) electrons. The van der Waals surface area contributed by atoms with Crippen LogP contribution in [0.2, 0.25) is 0 Å². The van der Waals surface area contributed by atoms with Crippen LogP contribution in [0.5, 0.6) is 0 Å². The molecule has 0 saturated heterocycles. The van der Waals surface area contributed by atoms with Crippen molar-refractivity contribution in [2.24, 2.45) is 0 Å². The summed E-state index contributed by atoms with van der Waals surface area (Å²) >= 11 is 0. The van der Waals surface area contributed by atoms with Crippen molar-refractivity contribution in [1.29, 1.82) is 5.26 Å². The molecule has 2 atom stereocenters. The van der Waals surface area contributed by atoms with Gasteiger partial charge in [0.25, 0.3) is 0 Å². The fraction of sp³-hybridized carbons (Fsp3) is 0.529. The Morgan fingerprint density at radius 2 is 2.04 bits per heavy atom. The highest BCUT2D eigenvalue weighted by atomic mass is 16.6. The maximum atomic E-state index is 11.5. The molecule has 1 aromatic rings. The lowest BCUT2D eigenvalue weighted by molar-refractivity contribution is 0.0119. The number of alkyl carbamates (subject to hydrolysis) is 1. The van der Waals surface area contributed by atoms with Gasteiger partial charge in [-0.2, -0.15) is 5.26 Å². The molecule has 0 aliphatic rings. The molecule has 1 aromatic carbocycles. The van der Waals surface area contributed by atoms with E-state index in [1.165, 1.54) is 0 Å². The van der Waals surface area contributed by atoms with E-state index in [9.17, 15) is 15.0 Å². The van der Waals surface area contributed by atoms with Crippen molar-refractivity contribution in [1.82, 2.24) is 5.32 Å². The molecule has 0 aliphatic carbocycles. The smallest absolute Gasteiger partial charge is 0.407 e. The summed E-state index contributed by atoms with van der Waals surface area (Å²) in [6.07, 6.45) is -2.58. The largest absolute Gasteiger partial charge is 0.444 e. The van der Waals surface area contributed by atoms with Gasteiger partial charge < -0.3 is 20.3 Å². The molecule has 2 unspecified atom stereocenters. The lowest BCUT2D eigenvalue weighted by atomic mass is 9.95. The van der Waals surface area contributed by atoms with E-state index in [4.69, 9.17) is 10.00 Å². The molecular weight excluding hydrogens is 296 g/mol. The van der Waals surface area contributed by atoms with Crippen LogP contribution in [0.4, 0.5) is 4.79 Å². The van der Waals surface area contributed by atoms with Gasteiger partial charge in [0.1, 0.15) is 11.7 Å². The summed E-state index contributed by atoms with van der Waals surface area (Å²) in [5, 5.41) is 31.8. The molecule has 0 aliphatic heterocycles. The number of nitrogens with one attached hydrogen (secondary N) is 1. The van der Waals surface area contributed by atoms with Crippen LogP contribution >= 0.6 is 0 Å². The van der Waals surface area contributed by atoms with Crippen molar-refractivity contribution in [2.45, 2.75) is 51.9 Å². The van der Waals surface area contributed by atoms with Crippen LogP contribution in [0.3, 0.4) is 0 Å². The predicted octanol–water partition coefficient (Wildman–Crippen LogP) is 2.18. The summed E-state index contributed by atoms with van der Waals surface area (Å²) < 4.78 is 5.08. The van der Waals surface area contributed by atoms with E-state index in [2.05, 4.69) is 5.32 Å². The molecule has 3 N–H and O–H groups in total. The van der Waals surface area contributed by atoms with Crippen molar-refractivity contribution >= 4 is 6.09 Å². The number of amides is 1. The molecule has 6 heteroatoms. The molecule has 23 heavy (non-hydrogen) atoms. The van der Waals surface area contributed by atoms with E-state index in [1.807, 2.05) is 6.07 Å². The van der Waals surface area contributed by atoms with Gasteiger partial charge in [-0.1, -0.05) is 12.1 Å². The summed E-state index contributed by atoms with van der Waals surface area (Å²) in [4.78, 5) is 11.5. The second-order valence-corrected chi connectivity index (χ2v) is 6.36. The van der Waals surface area contributed by atoms with E-state index in [0.717, 1.165) is 0 Å². The lowest BCUT2D eigenvalue weighted by Crippen LogP contribution is -2.34. The van der Waals surface area contributed by atoms with Gasteiger partial charge in [-0.05, 0) is 51.3 Å². The Kier molecular flexibility index (Phi) is 6.55. The Morgan fingerprint density at radius 3 is 2.61 bits per heavy atom. The number of rotatable bonds is 5. The molecule has 0 aromatic heterocycles. The molecule has 126 valence electrons. The molecule has 0 fully saturated rings. The Hall–Kier alpha value is -2.10. The number of benzene rings is 1. The topological polar surface area (TPSA) is 103 Å². The molecule has 0 spiro atoms. The summed E-state index contributed by atoms with van der Waals surface area (Å²) in [5.41, 5.74) is 1.02. The monoisotopic (exact) mass is 320 g/mol. The van der Waals surface area contributed by atoms with Crippen molar-refractivity contribution in [2.75, 3.05) is 6.54 Å². The normalized spacial score (nSPS) is 13.8. The number of hydrogen-bond donors (Lipinski definition) is 3. The zero-order chi connectivity index (χ0) is 17.6. The third kappa shape index (κ3) is 5.89. The van der Waals surface area contributed by atoms with Crippen molar-refractivity contribution < 1.29 is 19.7 Å². The number of ether oxygens (including phenoxy) is 1. The quantitative estimate of drug-likeness (QED) is 0.771. The Labute approximate surface area is 136 Å². The van der Waals surface area contributed by atoms with Crippen LogP contribution in [0.1, 0.15) is 50.0 Å². The van der Waals surface area contributed by atoms with Crippen LogP contribution in [0.15, 0.2) is 18.2 Å². The lowest BCUT2D eigenvalue weighted by Gasteiger charge is -2.22. The number of aliphatic hydroxyl groups is 2. The second-order valence-electron chi connectivity index (χ2n) is 6.36. The first kappa shape index (κ1) is 18.9. The van der Waals surface area contributed by atoms with Gasteiger partial charge in [-0.25, -0.2) is 4.79 Å². The van der Waals surface area contributed by atoms with Crippen molar-refractivity contribution in [3.8, 4) is 6.07 Å². The second kappa shape index (κ2) is 7.95. The highest BCUT2D eigenvalue weighted by molar-refractivity contribution is 5.67. The number of aliphatic hydroxyl groups excluding tert-OH is 2. The minimum absolute atomic E-state index is 0.163. The van der Waals surface area contributed by atoms with Gasteiger partial charge in [-0.15, -0.1) is 0 Å². The highest BCUT2D eigenvalue weighted by Gasteiger charge is 2.22. The zero-order valence-electron chi connectivity index (χ0n) is 14.0. The zero-order valence-corrected chi connectivity index (χ0v) is 14.0. The van der Waals surface area contributed by atoms with Crippen LogP contribution < -0.4 is 5.32 Å². The van der Waals surface area contributed by atoms with Gasteiger partial charge >= 0.3 is 6.09 Å². The van der Waals surface area contributed by atoms with Crippen molar-refractivity contribution in [3.05, 3.63) is 34.9 Å². The number of nitrogens with zero attached hydrogens (tertiary/aromatic N) is 1. The summed E-state index contributed by atoms with van der Waals surface area (Å²) in [7, 11) is 0. The summed E-state index contributed by atoms with van der Waals surface area (Å²) in [6.45, 7) is 7.18. The summed E-state index contributed by atoms with van der Waals surface area (Å²) in [5.74, 6) is 0. The standard InChI is InChI=1S/C17H24N2O4/c1-11-12(10-18)6-5-7-13(11)15(21)14(20)8-9-19-16(22)23-17(2,3)4/h5-7,14-15,20-21H,8-9H2,1-4H3,(H,19,22). The fourth-order valence-electron chi connectivity index (χ4n) is 2.10. The Bertz CT molecular complexity index is 587. The fourth-order valence-corrected chi connectivity index (χ4v) is 2.10. The molecule has 0 bridgehead atoms. The molecule has 0 saturated carbocycles.